The Morgan fingerprint density at radius 2 is 2.23 bits per heavy atom. The maximum atomic E-state index is 12.6. The van der Waals surface area contributed by atoms with Crippen molar-refractivity contribution >= 4 is 28.5 Å². The molecule has 1 aliphatic heterocycles. The van der Waals surface area contributed by atoms with E-state index in [2.05, 4.69) is 10.2 Å². The van der Waals surface area contributed by atoms with Gasteiger partial charge in [0.2, 0.25) is 5.91 Å². The molecule has 0 fully saturated rings. The third-order valence-corrected chi connectivity index (χ3v) is 5.31. The molecule has 6 nitrogen and oxygen atoms in total. The number of nitrogens with one attached hydrogen (secondary N) is 1. The normalized spacial score (nSPS) is 14.7. The SMILES string of the molecule is Cc1cc(-c2cc[nH]n2)c2c3c(oc2c1Cl)CCN(C(=O)C(C)(C)N)C3. The first kappa shape index (κ1) is 17.1. The van der Waals surface area contributed by atoms with Gasteiger partial charge in [0.1, 0.15) is 5.76 Å². The first-order chi connectivity index (χ1) is 12.3. The Balaban J connectivity index is 1.90. The molecule has 0 saturated carbocycles. The van der Waals surface area contributed by atoms with E-state index in [9.17, 15) is 4.79 Å². The number of fused-ring (bicyclic) bond motifs is 3. The molecular weight excluding hydrogens is 352 g/mol. The number of carbonyl (C=O) groups is 1. The van der Waals surface area contributed by atoms with Crippen LogP contribution >= 0.6 is 11.6 Å². The highest BCUT2D eigenvalue weighted by Crippen LogP contribution is 2.41. The molecule has 0 spiro atoms. The van der Waals surface area contributed by atoms with Crippen LogP contribution in [0.15, 0.2) is 22.7 Å². The van der Waals surface area contributed by atoms with Crippen molar-refractivity contribution in [2.24, 2.45) is 5.73 Å². The van der Waals surface area contributed by atoms with Crippen molar-refractivity contribution in [2.75, 3.05) is 6.54 Å². The Bertz CT molecular complexity index is 999. The van der Waals surface area contributed by atoms with Crippen LogP contribution in [0, 0.1) is 6.92 Å². The smallest absolute Gasteiger partial charge is 0.242 e. The van der Waals surface area contributed by atoms with Gasteiger partial charge in [0.25, 0.3) is 0 Å². The van der Waals surface area contributed by atoms with E-state index in [1.807, 2.05) is 19.1 Å². The highest BCUT2D eigenvalue weighted by atomic mass is 35.5. The fourth-order valence-electron chi connectivity index (χ4n) is 3.55. The van der Waals surface area contributed by atoms with Crippen LogP contribution in [0.3, 0.4) is 0 Å². The largest absolute Gasteiger partial charge is 0.459 e. The van der Waals surface area contributed by atoms with Gasteiger partial charge in [0.05, 0.1) is 16.3 Å². The topological polar surface area (TPSA) is 88.2 Å². The van der Waals surface area contributed by atoms with E-state index in [4.69, 9.17) is 21.8 Å². The maximum Gasteiger partial charge on any atom is 0.242 e. The summed E-state index contributed by atoms with van der Waals surface area (Å²) in [6.45, 7) is 6.45. The molecule has 1 amide bonds. The lowest BCUT2D eigenvalue weighted by molar-refractivity contribution is -0.136. The number of carbonyl (C=O) groups excluding carboxylic acids is 1. The predicted octanol–water partition coefficient (Wildman–Crippen LogP) is 3.41. The lowest BCUT2D eigenvalue weighted by Crippen LogP contribution is -2.52. The molecule has 0 unspecified atom stereocenters. The second-order valence-corrected chi connectivity index (χ2v) is 7.80. The van der Waals surface area contributed by atoms with Crippen LogP contribution < -0.4 is 5.73 Å². The van der Waals surface area contributed by atoms with Crippen LogP contribution in [0.5, 0.6) is 0 Å². The summed E-state index contributed by atoms with van der Waals surface area (Å²) in [4.78, 5) is 14.4. The molecule has 0 atom stereocenters. The number of hydrogen-bond acceptors (Lipinski definition) is 4. The highest BCUT2D eigenvalue weighted by molar-refractivity contribution is 6.36. The van der Waals surface area contributed by atoms with Crippen molar-refractivity contribution in [3.05, 3.63) is 40.2 Å². The van der Waals surface area contributed by atoms with Crippen molar-refractivity contribution in [3.8, 4) is 11.3 Å². The average Bonchev–Trinajstić information content (AvgIpc) is 3.24. The number of rotatable bonds is 2. The van der Waals surface area contributed by atoms with Gasteiger partial charge in [-0.15, -0.1) is 0 Å². The zero-order valence-corrected chi connectivity index (χ0v) is 15.8. The molecule has 1 aliphatic rings. The standard InChI is InChI=1S/C19H21ClN4O2/c1-10-8-11(13-4-6-22-23-13)15-12-9-24(18(25)19(2,3)21)7-5-14(12)26-17(15)16(10)20/h4,6,8H,5,7,9,21H2,1-3H3,(H,22,23). The summed E-state index contributed by atoms with van der Waals surface area (Å²) in [6, 6.07) is 3.93. The molecule has 26 heavy (non-hydrogen) atoms. The Morgan fingerprint density at radius 3 is 2.88 bits per heavy atom. The van der Waals surface area contributed by atoms with Crippen LogP contribution in [0.2, 0.25) is 5.02 Å². The zero-order valence-electron chi connectivity index (χ0n) is 15.0. The lowest BCUT2D eigenvalue weighted by Gasteiger charge is -2.32. The van der Waals surface area contributed by atoms with Crippen molar-refractivity contribution in [2.45, 2.75) is 39.3 Å². The number of halogens is 1. The molecule has 136 valence electrons. The number of aromatic amines is 1. The van der Waals surface area contributed by atoms with E-state index >= 15 is 0 Å². The van der Waals surface area contributed by atoms with Gasteiger partial charge in [-0.25, -0.2) is 0 Å². The molecular formula is C19H21ClN4O2. The van der Waals surface area contributed by atoms with Gasteiger partial charge in [-0.1, -0.05) is 11.6 Å². The Labute approximate surface area is 156 Å². The molecule has 0 saturated heterocycles. The van der Waals surface area contributed by atoms with Crippen molar-refractivity contribution in [3.63, 3.8) is 0 Å². The fraction of sp³-hybridized carbons (Fsp3) is 0.368. The Kier molecular flexibility index (Phi) is 3.86. The maximum absolute atomic E-state index is 12.6. The number of aromatic nitrogens is 2. The van der Waals surface area contributed by atoms with E-state index in [1.54, 1.807) is 24.9 Å². The number of furan rings is 1. The van der Waals surface area contributed by atoms with Crippen LogP contribution in [0.1, 0.15) is 30.7 Å². The van der Waals surface area contributed by atoms with Gasteiger partial charge < -0.3 is 15.1 Å². The lowest BCUT2D eigenvalue weighted by atomic mass is 9.96. The Hall–Kier alpha value is -2.31. The summed E-state index contributed by atoms with van der Waals surface area (Å²) in [5.41, 5.74) is 9.47. The van der Waals surface area contributed by atoms with Gasteiger partial charge in [-0.2, -0.15) is 5.10 Å². The molecule has 0 radical (unpaired) electrons. The molecule has 2 aromatic heterocycles. The monoisotopic (exact) mass is 372 g/mol. The quantitative estimate of drug-likeness (QED) is 0.721. The molecule has 3 aromatic rings. The highest BCUT2D eigenvalue weighted by Gasteiger charge is 2.33. The van der Waals surface area contributed by atoms with Crippen molar-refractivity contribution in [1.82, 2.24) is 15.1 Å². The third kappa shape index (κ3) is 2.61. The predicted molar refractivity (Wildman–Crippen MR) is 101 cm³/mol. The number of nitrogens with zero attached hydrogens (tertiary/aromatic N) is 2. The van der Waals surface area contributed by atoms with Crippen LogP contribution in [0.25, 0.3) is 22.2 Å². The van der Waals surface area contributed by atoms with E-state index in [1.165, 1.54) is 0 Å². The van der Waals surface area contributed by atoms with Gasteiger partial charge in [0, 0.05) is 42.2 Å². The van der Waals surface area contributed by atoms with Gasteiger partial charge in [-0.05, 0) is 38.5 Å². The number of aryl methyl sites for hydroxylation is 1. The summed E-state index contributed by atoms with van der Waals surface area (Å²) in [6.07, 6.45) is 2.42. The first-order valence-corrected chi connectivity index (χ1v) is 8.97. The number of H-pyrrole nitrogens is 1. The van der Waals surface area contributed by atoms with Gasteiger partial charge in [-0.3, -0.25) is 9.89 Å². The summed E-state index contributed by atoms with van der Waals surface area (Å²) in [5.74, 6) is 0.806. The van der Waals surface area contributed by atoms with Gasteiger partial charge >= 0.3 is 0 Å². The third-order valence-electron chi connectivity index (χ3n) is 4.84. The summed E-state index contributed by atoms with van der Waals surface area (Å²) < 4.78 is 6.12. The van der Waals surface area contributed by atoms with E-state index < -0.39 is 5.54 Å². The van der Waals surface area contributed by atoms with E-state index in [0.29, 0.717) is 30.1 Å². The van der Waals surface area contributed by atoms with Crippen LogP contribution in [-0.4, -0.2) is 33.1 Å². The summed E-state index contributed by atoms with van der Waals surface area (Å²) >= 11 is 6.53. The minimum atomic E-state index is -0.906. The number of benzene rings is 1. The van der Waals surface area contributed by atoms with Crippen molar-refractivity contribution in [1.29, 1.82) is 0 Å². The van der Waals surface area contributed by atoms with Gasteiger partial charge in [0.15, 0.2) is 5.58 Å². The first-order valence-electron chi connectivity index (χ1n) is 8.59. The molecule has 3 heterocycles. The average molecular weight is 373 g/mol. The molecule has 0 bridgehead atoms. The molecule has 1 aromatic carbocycles. The molecule has 7 heteroatoms. The van der Waals surface area contributed by atoms with E-state index in [0.717, 1.165) is 33.5 Å². The number of hydrogen-bond donors (Lipinski definition) is 2. The minimum absolute atomic E-state index is 0.0722. The molecule has 3 N–H and O–H groups in total. The summed E-state index contributed by atoms with van der Waals surface area (Å²) in [5, 5.41) is 8.70. The van der Waals surface area contributed by atoms with Crippen molar-refractivity contribution < 1.29 is 9.21 Å². The van der Waals surface area contributed by atoms with Crippen LogP contribution in [0.4, 0.5) is 0 Å². The zero-order chi connectivity index (χ0) is 18.6. The minimum Gasteiger partial charge on any atom is -0.459 e. The second kappa shape index (κ2) is 5.86. The number of nitrogens with two attached hydrogens (primary N) is 1. The summed E-state index contributed by atoms with van der Waals surface area (Å²) in [7, 11) is 0. The molecule has 4 rings (SSSR count). The van der Waals surface area contributed by atoms with E-state index in [-0.39, 0.29) is 5.91 Å². The second-order valence-electron chi connectivity index (χ2n) is 7.42. The number of amides is 1. The fourth-order valence-corrected chi connectivity index (χ4v) is 3.74. The Morgan fingerprint density at radius 1 is 1.46 bits per heavy atom. The van der Waals surface area contributed by atoms with Crippen LogP contribution in [-0.2, 0) is 17.8 Å². The molecule has 0 aliphatic carbocycles.